The van der Waals surface area contributed by atoms with E-state index < -0.39 is 5.97 Å². The van der Waals surface area contributed by atoms with Gasteiger partial charge in [0.15, 0.2) is 6.61 Å². The summed E-state index contributed by atoms with van der Waals surface area (Å²) in [6.45, 7) is 1.88. The molecular formula is C23H31NO4S. The molecule has 4 bridgehead atoms. The third kappa shape index (κ3) is 4.14. The van der Waals surface area contributed by atoms with Gasteiger partial charge in [-0.05, 0) is 93.1 Å². The van der Waals surface area contributed by atoms with E-state index in [1.807, 2.05) is 12.3 Å². The number of amides is 1. The fraction of sp³-hybridized carbons (Fsp3) is 0.652. The number of ether oxygens (including phenoxy) is 2. The van der Waals surface area contributed by atoms with Gasteiger partial charge < -0.3 is 14.8 Å². The third-order valence-electron chi connectivity index (χ3n) is 7.34. The van der Waals surface area contributed by atoms with E-state index in [1.54, 1.807) is 23.9 Å². The van der Waals surface area contributed by atoms with Gasteiger partial charge in [-0.15, -0.1) is 11.8 Å². The molecule has 4 fully saturated rings. The molecule has 0 aromatic heterocycles. The Morgan fingerprint density at radius 1 is 1.17 bits per heavy atom. The number of hydrogen-bond acceptors (Lipinski definition) is 5. The van der Waals surface area contributed by atoms with Crippen molar-refractivity contribution in [3.05, 3.63) is 23.8 Å². The van der Waals surface area contributed by atoms with Gasteiger partial charge in [-0.2, -0.15) is 0 Å². The predicted octanol–water partition coefficient (Wildman–Crippen LogP) is 4.30. The molecule has 0 saturated heterocycles. The maximum absolute atomic E-state index is 12.5. The number of carbonyl (C=O) groups is 2. The normalized spacial score (nSPS) is 30.7. The monoisotopic (exact) mass is 417 g/mol. The number of nitrogens with one attached hydrogen (secondary N) is 1. The molecule has 1 atom stereocenters. The van der Waals surface area contributed by atoms with Crippen molar-refractivity contribution in [1.29, 1.82) is 0 Å². The van der Waals surface area contributed by atoms with Crippen LogP contribution in [0.2, 0.25) is 0 Å². The Morgan fingerprint density at radius 2 is 1.79 bits per heavy atom. The smallest absolute Gasteiger partial charge is 0.342 e. The van der Waals surface area contributed by atoms with Gasteiger partial charge in [0, 0.05) is 10.9 Å². The predicted molar refractivity (Wildman–Crippen MR) is 113 cm³/mol. The van der Waals surface area contributed by atoms with E-state index in [-0.39, 0.29) is 24.0 Å². The van der Waals surface area contributed by atoms with Crippen molar-refractivity contribution < 1.29 is 19.1 Å². The lowest BCUT2D eigenvalue weighted by Crippen LogP contribution is -2.56. The first-order valence-corrected chi connectivity index (χ1v) is 11.8. The molecular weight excluding hydrogens is 386 g/mol. The molecule has 4 saturated carbocycles. The van der Waals surface area contributed by atoms with Crippen LogP contribution in [-0.2, 0) is 9.53 Å². The highest BCUT2D eigenvalue weighted by Gasteiger charge is 2.53. The SMILES string of the molecule is COc1cc(SC)ccc1C(=O)OCC(=O)N[C@@H](C)C12CC3CC(CC(C3)C1)C2. The van der Waals surface area contributed by atoms with Gasteiger partial charge in [-0.25, -0.2) is 4.79 Å². The van der Waals surface area contributed by atoms with Crippen LogP contribution in [0.1, 0.15) is 55.8 Å². The minimum atomic E-state index is -0.535. The molecule has 1 aromatic carbocycles. The van der Waals surface area contributed by atoms with Crippen LogP contribution in [-0.4, -0.2) is 37.9 Å². The summed E-state index contributed by atoms with van der Waals surface area (Å²) in [5.74, 6) is 2.23. The summed E-state index contributed by atoms with van der Waals surface area (Å²) in [4.78, 5) is 26.0. The summed E-state index contributed by atoms with van der Waals surface area (Å²) < 4.78 is 10.6. The average molecular weight is 418 g/mol. The standard InChI is InChI=1S/C23H31NO4S/c1-14(23-10-15-6-16(11-23)8-17(7-15)12-23)24-21(25)13-28-22(26)19-5-4-18(29-3)9-20(19)27-2/h4-5,9,14-17H,6-8,10-13H2,1-3H3,(H,24,25)/t14-,15?,16?,17?,23?/m0/s1. The second kappa shape index (κ2) is 8.21. The molecule has 4 aliphatic rings. The number of rotatable bonds is 7. The summed E-state index contributed by atoms with van der Waals surface area (Å²) in [5, 5.41) is 3.14. The third-order valence-corrected chi connectivity index (χ3v) is 8.07. The molecule has 0 aliphatic heterocycles. The summed E-state index contributed by atoms with van der Waals surface area (Å²) >= 11 is 1.57. The zero-order valence-electron chi connectivity index (χ0n) is 17.5. The second-order valence-electron chi connectivity index (χ2n) is 9.21. The average Bonchev–Trinajstić information content (AvgIpc) is 2.70. The summed E-state index contributed by atoms with van der Waals surface area (Å²) in [6.07, 6.45) is 9.82. The van der Waals surface area contributed by atoms with E-state index in [4.69, 9.17) is 9.47 Å². The Hall–Kier alpha value is -1.69. The van der Waals surface area contributed by atoms with Crippen molar-refractivity contribution in [2.75, 3.05) is 20.0 Å². The summed E-state index contributed by atoms with van der Waals surface area (Å²) in [6, 6.07) is 5.45. The van der Waals surface area contributed by atoms with Gasteiger partial charge in [0.25, 0.3) is 5.91 Å². The fourth-order valence-electron chi connectivity index (χ4n) is 6.32. The maximum atomic E-state index is 12.5. The molecule has 1 aromatic rings. The van der Waals surface area contributed by atoms with Crippen LogP contribution in [0.5, 0.6) is 5.75 Å². The highest BCUT2D eigenvalue weighted by atomic mass is 32.2. The topological polar surface area (TPSA) is 64.6 Å². The highest BCUT2D eigenvalue weighted by Crippen LogP contribution is 2.61. The van der Waals surface area contributed by atoms with Gasteiger partial charge in [-0.1, -0.05) is 0 Å². The summed E-state index contributed by atoms with van der Waals surface area (Å²) in [7, 11) is 1.52. The molecule has 0 unspecified atom stereocenters. The van der Waals surface area contributed by atoms with Crippen LogP contribution in [0, 0.1) is 23.2 Å². The van der Waals surface area contributed by atoms with Crippen LogP contribution in [0.4, 0.5) is 0 Å². The zero-order valence-corrected chi connectivity index (χ0v) is 18.3. The van der Waals surface area contributed by atoms with Gasteiger partial charge in [0.05, 0.1) is 7.11 Å². The van der Waals surface area contributed by atoms with Gasteiger partial charge in [0.1, 0.15) is 11.3 Å². The van der Waals surface area contributed by atoms with Crippen molar-refractivity contribution in [1.82, 2.24) is 5.32 Å². The van der Waals surface area contributed by atoms with Gasteiger partial charge in [0.2, 0.25) is 0 Å². The van der Waals surface area contributed by atoms with Crippen molar-refractivity contribution in [3.63, 3.8) is 0 Å². The lowest BCUT2D eigenvalue weighted by molar-refractivity contribution is -0.128. The van der Waals surface area contributed by atoms with E-state index in [0.717, 1.165) is 22.6 Å². The molecule has 6 heteroatoms. The van der Waals surface area contributed by atoms with Gasteiger partial charge in [-0.3, -0.25) is 4.79 Å². The van der Waals surface area contributed by atoms with E-state index >= 15 is 0 Å². The fourth-order valence-corrected chi connectivity index (χ4v) is 6.75. The number of benzene rings is 1. The first-order chi connectivity index (χ1) is 13.9. The molecule has 0 heterocycles. The Labute approximate surface area is 177 Å². The van der Waals surface area contributed by atoms with E-state index in [1.165, 1.54) is 45.6 Å². The molecule has 5 rings (SSSR count). The number of methoxy groups -OCH3 is 1. The number of esters is 1. The van der Waals surface area contributed by atoms with Crippen molar-refractivity contribution >= 4 is 23.6 Å². The molecule has 5 nitrogen and oxygen atoms in total. The molecule has 1 N–H and O–H groups in total. The Bertz CT molecular complexity index is 758. The molecule has 1 amide bonds. The maximum Gasteiger partial charge on any atom is 0.342 e. The zero-order chi connectivity index (χ0) is 20.6. The van der Waals surface area contributed by atoms with E-state index in [9.17, 15) is 9.59 Å². The van der Waals surface area contributed by atoms with Crippen LogP contribution in [0.25, 0.3) is 0 Å². The Morgan fingerprint density at radius 3 is 2.34 bits per heavy atom. The van der Waals surface area contributed by atoms with Crippen molar-refractivity contribution in [3.8, 4) is 5.75 Å². The molecule has 0 spiro atoms. The number of thioether (sulfide) groups is 1. The number of carbonyl (C=O) groups excluding carboxylic acids is 2. The first-order valence-electron chi connectivity index (χ1n) is 10.6. The Balaban J connectivity index is 1.33. The largest absolute Gasteiger partial charge is 0.496 e. The summed E-state index contributed by atoms with van der Waals surface area (Å²) in [5.41, 5.74) is 0.581. The molecule has 0 radical (unpaired) electrons. The minimum absolute atomic E-state index is 0.123. The van der Waals surface area contributed by atoms with Crippen LogP contribution >= 0.6 is 11.8 Å². The number of hydrogen-bond donors (Lipinski definition) is 1. The first kappa shape index (κ1) is 20.6. The Kier molecular flexibility index (Phi) is 5.83. The van der Waals surface area contributed by atoms with Crippen LogP contribution in [0.15, 0.2) is 23.1 Å². The lowest BCUT2D eigenvalue weighted by Gasteiger charge is -2.59. The molecule has 29 heavy (non-hydrogen) atoms. The van der Waals surface area contributed by atoms with Crippen molar-refractivity contribution in [2.45, 2.75) is 56.4 Å². The molecule has 158 valence electrons. The second-order valence-corrected chi connectivity index (χ2v) is 10.1. The van der Waals surface area contributed by atoms with Crippen molar-refractivity contribution in [2.24, 2.45) is 23.2 Å². The van der Waals surface area contributed by atoms with Gasteiger partial charge >= 0.3 is 5.97 Å². The lowest BCUT2D eigenvalue weighted by atomic mass is 9.48. The molecule has 4 aliphatic carbocycles. The van der Waals surface area contributed by atoms with E-state index in [2.05, 4.69) is 12.2 Å². The minimum Gasteiger partial charge on any atom is -0.496 e. The van der Waals surface area contributed by atoms with Crippen LogP contribution in [0.3, 0.4) is 0 Å². The van der Waals surface area contributed by atoms with E-state index in [0.29, 0.717) is 11.3 Å². The highest BCUT2D eigenvalue weighted by molar-refractivity contribution is 7.98. The van der Waals surface area contributed by atoms with Crippen LogP contribution < -0.4 is 10.1 Å². The quantitative estimate of drug-likeness (QED) is 0.529.